The van der Waals surface area contributed by atoms with Crippen molar-refractivity contribution in [3.8, 4) is 5.75 Å². The van der Waals surface area contributed by atoms with E-state index >= 15 is 0 Å². The average Bonchev–Trinajstić information content (AvgIpc) is 2.77. The lowest BCUT2D eigenvalue weighted by molar-refractivity contribution is 0.414. The molecule has 2 N–H and O–H groups in total. The third kappa shape index (κ3) is 2.53. The number of ether oxygens (including phenoxy) is 1. The number of halogens is 1. The predicted molar refractivity (Wildman–Crippen MR) is 79.7 cm³/mol. The van der Waals surface area contributed by atoms with Crippen molar-refractivity contribution in [2.45, 2.75) is 22.6 Å². The molecule has 2 nitrogen and oxygen atoms in total. The number of thioether (sulfide) groups is 1. The summed E-state index contributed by atoms with van der Waals surface area (Å²) in [6, 6.07) is 12.6. The summed E-state index contributed by atoms with van der Waals surface area (Å²) in [5.41, 5.74) is 8.77. The summed E-state index contributed by atoms with van der Waals surface area (Å²) >= 11 is 1.71. The summed E-state index contributed by atoms with van der Waals surface area (Å²) in [5, 5.41) is 0.280. The number of rotatable bonds is 3. The molecular formula is C16H16FNOS. The van der Waals surface area contributed by atoms with E-state index in [1.165, 1.54) is 17.7 Å². The van der Waals surface area contributed by atoms with E-state index in [4.69, 9.17) is 10.5 Å². The minimum absolute atomic E-state index is 0.0184. The van der Waals surface area contributed by atoms with E-state index in [-0.39, 0.29) is 17.1 Å². The zero-order valence-corrected chi connectivity index (χ0v) is 12.0. The molecule has 0 aliphatic heterocycles. The lowest BCUT2D eigenvalue weighted by Crippen LogP contribution is -2.18. The van der Waals surface area contributed by atoms with Crippen LogP contribution in [0.1, 0.15) is 17.2 Å². The first-order chi connectivity index (χ1) is 9.67. The maximum absolute atomic E-state index is 12.9. The first-order valence-electron chi connectivity index (χ1n) is 6.52. The van der Waals surface area contributed by atoms with Gasteiger partial charge in [-0.05, 0) is 53.9 Å². The Morgan fingerprint density at radius 1 is 1.20 bits per heavy atom. The van der Waals surface area contributed by atoms with Crippen LogP contribution in [0.2, 0.25) is 0 Å². The molecule has 1 aliphatic carbocycles. The van der Waals surface area contributed by atoms with Gasteiger partial charge in [0, 0.05) is 16.2 Å². The van der Waals surface area contributed by atoms with Gasteiger partial charge in [0.25, 0.3) is 0 Å². The minimum Gasteiger partial charge on any atom is -0.497 e. The van der Waals surface area contributed by atoms with Gasteiger partial charge in [-0.25, -0.2) is 4.39 Å². The largest absolute Gasteiger partial charge is 0.497 e. The van der Waals surface area contributed by atoms with Gasteiger partial charge < -0.3 is 10.5 Å². The Balaban J connectivity index is 1.79. The fourth-order valence-corrected chi connectivity index (χ4v) is 3.74. The third-order valence-electron chi connectivity index (χ3n) is 3.63. The van der Waals surface area contributed by atoms with Crippen molar-refractivity contribution in [3.05, 3.63) is 59.4 Å². The lowest BCUT2D eigenvalue weighted by Gasteiger charge is -2.15. The van der Waals surface area contributed by atoms with Gasteiger partial charge >= 0.3 is 0 Å². The van der Waals surface area contributed by atoms with Crippen LogP contribution in [0.4, 0.5) is 4.39 Å². The molecule has 4 heteroatoms. The highest BCUT2D eigenvalue weighted by Gasteiger charge is 2.30. The molecule has 2 atom stereocenters. The van der Waals surface area contributed by atoms with Gasteiger partial charge in [-0.3, -0.25) is 0 Å². The molecule has 0 fully saturated rings. The maximum Gasteiger partial charge on any atom is 0.123 e. The van der Waals surface area contributed by atoms with E-state index in [1.54, 1.807) is 31.0 Å². The van der Waals surface area contributed by atoms with Gasteiger partial charge in [-0.15, -0.1) is 11.8 Å². The molecule has 1 aliphatic rings. The molecule has 0 heterocycles. The van der Waals surface area contributed by atoms with Crippen molar-refractivity contribution in [2.75, 3.05) is 7.11 Å². The molecular weight excluding hydrogens is 273 g/mol. The number of hydrogen-bond donors (Lipinski definition) is 1. The van der Waals surface area contributed by atoms with Crippen molar-refractivity contribution in [1.29, 1.82) is 0 Å². The Morgan fingerprint density at radius 3 is 2.65 bits per heavy atom. The second-order valence-electron chi connectivity index (χ2n) is 4.90. The molecule has 20 heavy (non-hydrogen) atoms. The van der Waals surface area contributed by atoms with Gasteiger partial charge in [0.15, 0.2) is 0 Å². The molecule has 0 saturated heterocycles. The number of benzene rings is 2. The molecule has 0 radical (unpaired) electrons. The lowest BCUT2D eigenvalue weighted by atomic mass is 10.1. The van der Waals surface area contributed by atoms with Crippen LogP contribution in [-0.4, -0.2) is 12.4 Å². The topological polar surface area (TPSA) is 35.2 Å². The van der Waals surface area contributed by atoms with Gasteiger partial charge in [-0.2, -0.15) is 0 Å². The van der Waals surface area contributed by atoms with Gasteiger partial charge in [-0.1, -0.05) is 6.07 Å². The molecule has 0 saturated carbocycles. The minimum atomic E-state index is -0.210. The number of fused-ring (bicyclic) bond motifs is 1. The molecule has 0 amide bonds. The van der Waals surface area contributed by atoms with Crippen LogP contribution in [0, 0.1) is 5.82 Å². The first-order valence-corrected chi connectivity index (χ1v) is 7.40. The van der Waals surface area contributed by atoms with Crippen molar-refractivity contribution in [2.24, 2.45) is 5.73 Å². The molecule has 104 valence electrons. The van der Waals surface area contributed by atoms with Crippen LogP contribution in [0.15, 0.2) is 47.4 Å². The molecule has 2 unspecified atom stereocenters. The smallest absolute Gasteiger partial charge is 0.123 e. The van der Waals surface area contributed by atoms with E-state index < -0.39 is 0 Å². The fourth-order valence-electron chi connectivity index (χ4n) is 2.54. The van der Waals surface area contributed by atoms with Crippen molar-refractivity contribution in [1.82, 2.24) is 0 Å². The standard InChI is InChI=1S/C16H16FNOS/c1-19-12-5-2-10-8-15(16(18)14(10)9-12)20-13-6-3-11(17)4-7-13/h2-7,9,15-16H,8,18H2,1H3. The van der Waals surface area contributed by atoms with Crippen LogP contribution in [0.25, 0.3) is 0 Å². The monoisotopic (exact) mass is 289 g/mol. The zero-order valence-electron chi connectivity index (χ0n) is 11.2. The van der Waals surface area contributed by atoms with Gasteiger partial charge in [0.05, 0.1) is 7.11 Å². The average molecular weight is 289 g/mol. The van der Waals surface area contributed by atoms with Crippen LogP contribution in [-0.2, 0) is 6.42 Å². The Kier molecular flexibility index (Phi) is 3.68. The molecule has 2 aromatic rings. The van der Waals surface area contributed by atoms with Crippen molar-refractivity contribution < 1.29 is 9.13 Å². The van der Waals surface area contributed by atoms with Crippen LogP contribution < -0.4 is 10.5 Å². The van der Waals surface area contributed by atoms with E-state index in [0.29, 0.717) is 0 Å². The highest BCUT2D eigenvalue weighted by Crippen LogP contribution is 2.41. The molecule has 0 aromatic heterocycles. The molecule has 3 rings (SSSR count). The summed E-state index contributed by atoms with van der Waals surface area (Å²) in [6.45, 7) is 0. The Labute approximate surface area is 122 Å². The fraction of sp³-hybridized carbons (Fsp3) is 0.250. The number of nitrogens with two attached hydrogens (primary N) is 1. The second-order valence-corrected chi connectivity index (χ2v) is 6.22. The normalized spacial score (nSPS) is 20.8. The summed E-state index contributed by atoms with van der Waals surface area (Å²) in [5.74, 6) is 0.629. The Bertz CT molecular complexity index is 614. The van der Waals surface area contributed by atoms with E-state index in [9.17, 15) is 4.39 Å². The van der Waals surface area contributed by atoms with Crippen LogP contribution in [0.5, 0.6) is 5.75 Å². The summed E-state index contributed by atoms with van der Waals surface area (Å²) in [6.07, 6.45) is 0.933. The molecule has 2 aromatic carbocycles. The maximum atomic E-state index is 12.9. The summed E-state index contributed by atoms with van der Waals surface area (Å²) < 4.78 is 18.2. The Morgan fingerprint density at radius 2 is 1.95 bits per heavy atom. The molecule has 0 bridgehead atoms. The predicted octanol–water partition coefficient (Wildman–Crippen LogP) is 3.55. The Hall–Kier alpha value is -1.52. The van der Waals surface area contributed by atoms with E-state index in [2.05, 4.69) is 6.07 Å². The molecule has 0 spiro atoms. The van der Waals surface area contributed by atoms with Crippen molar-refractivity contribution in [3.63, 3.8) is 0 Å². The van der Waals surface area contributed by atoms with Crippen LogP contribution in [0.3, 0.4) is 0 Å². The summed E-state index contributed by atoms with van der Waals surface area (Å²) in [7, 11) is 1.66. The second kappa shape index (κ2) is 5.46. The van der Waals surface area contributed by atoms with Crippen LogP contribution >= 0.6 is 11.8 Å². The van der Waals surface area contributed by atoms with Gasteiger partial charge in [0.2, 0.25) is 0 Å². The third-order valence-corrected chi connectivity index (χ3v) is 4.94. The van der Waals surface area contributed by atoms with E-state index in [0.717, 1.165) is 22.6 Å². The van der Waals surface area contributed by atoms with Gasteiger partial charge in [0.1, 0.15) is 11.6 Å². The number of hydrogen-bond acceptors (Lipinski definition) is 3. The highest BCUT2D eigenvalue weighted by atomic mass is 32.2. The summed E-state index contributed by atoms with van der Waals surface area (Å²) in [4.78, 5) is 1.05. The zero-order chi connectivity index (χ0) is 14.1. The highest BCUT2D eigenvalue weighted by molar-refractivity contribution is 8.00. The number of methoxy groups -OCH3 is 1. The SMILES string of the molecule is COc1ccc2c(c1)C(N)C(Sc1ccc(F)cc1)C2. The quantitative estimate of drug-likeness (QED) is 0.938. The van der Waals surface area contributed by atoms with E-state index in [1.807, 2.05) is 12.1 Å². The first kappa shape index (κ1) is 13.5. The van der Waals surface area contributed by atoms with Crippen molar-refractivity contribution >= 4 is 11.8 Å².